The Morgan fingerprint density at radius 2 is 1.71 bits per heavy atom. The van der Waals surface area contributed by atoms with Crippen molar-refractivity contribution in [3.63, 3.8) is 0 Å². The summed E-state index contributed by atoms with van der Waals surface area (Å²) in [4.78, 5) is 0. The van der Waals surface area contributed by atoms with Crippen molar-refractivity contribution in [2.24, 2.45) is 5.92 Å². The van der Waals surface area contributed by atoms with Crippen molar-refractivity contribution in [3.8, 4) is 0 Å². The minimum Gasteiger partial charge on any atom is -0.123 e. The minimum absolute atomic E-state index is 0.268. The van der Waals surface area contributed by atoms with E-state index in [0.717, 1.165) is 28.5 Å². The van der Waals surface area contributed by atoms with Crippen molar-refractivity contribution in [3.05, 3.63) is 33.8 Å². The minimum atomic E-state index is 0.268. The molecule has 1 aromatic carbocycles. The van der Waals surface area contributed by atoms with Gasteiger partial charge < -0.3 is 0 Å². The zero-order valence-corrected chi connectivity index (χ0v) is 12.0. The predicted molar refractivity (Wildman–Crippen MR) is 76.4 cm³/mol. The number of hydrogen-bond donors (Lipinski definition) is 0. The molecule has 0 radical (unpaired) electrons. The van der Waals surface area contributed by atoms with E-state index in [4.69, 9.17) is 34.8 Å². The average molecular weight is 292 g/mol. The molecule has 3 heteroatoms. The van der Waals surface area contributed by atoms with Gasteiger partial charge >= 0.3 is 0 Å². The highest BCUT2D eigenvalue weighted by Gasteiger charge is 2.23. The van der Waals surface area contributed by atoms with Gasteiger partial charge in [-0.15, -0.1) is 11.6 Å². The fraction of sp³-hybridized carbons (Fsp3) is 0.571. The molecule has 0 nitrogen and oxygen atoms in total. The van der Waals surface area contributed by atoms with Crippen molar-refractivity contribution in [1.29, 1.82) is 0 Å². The molecule has 1 aliphatic carbocycles. The van der Waals surface area contributed by atoms with Gasteiger partial charge in [-0.1, -0.05) is 42.1 Å². The summed E-state index contributed by atoms with van der Waals surface area (Å²) in [6, 6.07) is 5.66. The number of benzene rings is 1. The quantitative estimate of drug-likeness (QED) is 0.622. The Morgan fingerprint density at radius 1 is 1.12 bits per heavy atom. The highest BCUT2D eigenvalue weighted by atomic mass is 35.5. The van der Waals surface area contributed by atoms with Crippen molar-refractivity contribution in [1.82, 2.24) is 0 Å². The number of halogens is 3. The summed E-state index contributed by atoms with van der Waals surface area (Å²) in [5.41, 5.74) is 1.04. The summed E-state index contributed by atoms with van der Waals surface area (Å²) in [5.74, 6) is 0.693. The van der Waals surface area contributed by atoms with Gasteiger partial charge in [0, 0.05) is 15.4 Å². The zero-order valence-electron chi connectivity index (χ0n) is 9.76. The van der Waals surface area contributed by atoms with E-state index >= 15 is 0 Å². The molecule has 2 rings (SSSR count). The lowest BCUT2D eigenvalue weighted by Crippen LogP contribution is -2.12. The Labute approximate surface area is 118 Å². The summed E-state index contributed by atoms with van der Waals surface area (Å²) < 4.78 is 0. The standard InChI is InChI=1S/C14H17Cl3/c15-12(10-4-1-2-5-10)9-8-11-13(16)6-3-7-14(11)17/h3,6-7,10,12H,1-2,4-5,8-9H2. The Morgan fingerprint density at radius 3 is 2.29 bits per heavy atom. The van der Waals surface area contributed by atoms with Crippen molar-refractivity contribution in [2.75, 3.05) is 0 Å². The molecule has 94 valence electrons. The van der Waals surface area contributed by atoms with Crippen LogP contribution in [0.4, 0.5) is 0 Å². The average Bonchev–Trinajstić information content (AvgIpc) is 2.81. The van der Waals surface area contributed by atoms with Gasteiger partial charge in [0.1, 0.15) is 0 Å². The first-order valence-electron chi connectivity index (χ1n) is 6.25. The van der Waals surface area contributed by atoms with E-state index in [9.17, 15) is 0 Å². The Hall–Kier alpha value is 0.0900. The van der Waals surface area contributed by atoms with E-state index in [-0.39, 0.29) is 5.38 Å². The lowest BCUT2D eigenvalue weighted by molar-refractivity contribution is 0.492. The molecular weight excluding hydrogens is 275 g/mol. The van der Waals surface area contributed by atoms with Crippen molar-refractivity contribution < 1.29 is 0 Å². The van der Waals surface area contributed by atoms with Crippen LogP contribution in [0.1, 0.15) is 37.7 Å². The third-order valence-corrected chi connectivity index (χ3v) is 4.93. The second-order valence-corrected chi connectivity index (χ2v) is 6.17. The Bertz CT molecular complexity index is 349. The monoisotopic (exact) mass is 290 g/mol. The van der Waals surface area contributed by atoms with Gasteiger partial charge in [-0.25, -0.2) is 0 Å². The first kappa shape index (κ1) is 13.5. The van der Waals surface area contributed by atoms with E-state index in [0.29, 0.717) is 5.92 Å². The second kappa shape index (κ2) is 6.31. The fourth-order valence-electron chi connectivity index (χ4n) is 2.61. The Balaban J connectivity index is 1.92. The van der Waals surface area contributed by atoms with Crippen LogP contribution >= 0.6 is 34.8 Å². The molecule has 1 aliphatic rings. The van der Waals surface area contributed by atoms with Crippen LogP contribution < -0.4 is 0 Å². The van der Waals surface area contributed by atoms with Crippen LogP contribution in [0.5, 0.6) is 0 Å². The maximum absolute atomic E-state index is 6.46. The molecular formula is C14H17Cl3. The molecule has 17 heavy (non-hydrogen) atoms. The van der Waals surface area contributed by atoms with E-state index < -0.39 is 0 Å². The smallest absolute Gasteiger partial charge is 0.0452 e. The largest absolute Gasteiger partial charge is 0.123 e. The van der Waals surface area contributed by atoms with E-state index in [1.165, 1.54) is 25.7 Å². The summed E-state index contributed by atoms with van der Waals surface area (Å²) in [7, 11) is 0. The van der Waals surface area contributed by atoms with Crippen LogP contribution in [0, 0.1) is 5.92 Å². The second-order valence-electron chi connectivity index (χ2n) is 4.80. The molecule has 0 N–H and O–H groups in total. The molecule has 1 fully saturated rings. The van der Waals surface area contributed by atoms with Crippen LogP contribution in [-0.4, -0.2) is 5.38 Å². The lowest BCUT2D eigenvalue weighted by atomic mass is 9.97. The zero-order chi connectivity index (χ0) is 12.3. The van der Waals surface area contributed by atoms with Gasteiger partial charge in [0.25, 0.3) is 0 Å². The van der Waals surface area contributed by atoms with Crippen molar-refractivity contribution in [2.45, 2.75) is 43.9 Å². The van der Waals surface area contributed by atoms with E-state index in [1.54, 1.807) is 0 Å². The van der Waals surface area contributed by atoms with Crippen LogP contribution in [0.15, 0.2) is 18.2 Å². The highest BCUT2D eigenvalue weighted by molar-refractivity contribution is 6.36. The van der Waals surface area contributed by atoms with Gasteiger partial charge in [-0.2, -0.15) is 0 Å². The first-order valence-corrected chi connectivity index (χ1v) is 7.44. The Kier molecular flexibility index (Phi) is 5.02. The molecule has 0 aliphatic heterocycles. The number of hydrogen-bond acceptors (Lipinski definition) is 0. The first-order chi connectivity index (χ1) is 8.18. The summed E-state index contributed by atoms with van der Waals surface area (Å²) in [6.45, 7) is 0. The SMILES string of the molecule is Clc1cccc(Cl)c1CCC(Cl)C1CCCC1. The van der Waals surface area contributed by atoms with Crippen LogP contribution in [0.2, 0.25) is 10.0 Å². The molecule has 1 saturated carbocycles. The highest BCUT2D eigenvalue weighted by Crippen LogP contribution is 2.34. The third-order valence-electron chi connectivity index (χ3n) is 3.64. The molecule has 1 aromatic rings. The molecule has 0 amide bonds. The molecule has 0 spiro atoms. The third kappa shape index (κ3) is 3.53. The van der Waals surface area contributed by atoms with Gasteiger partial charge in [-0.05, 0) is 49.3 Å². The topological polar surface area (TPSA) is 0 Å². The van der Waals surface area contributed by atoms with Gasteiger partial charge in [0.05, 0.1) is 0 Å². The predicted octanol–water partition coefficient (Wildman–Crippen LogP) is 5.72. The fourth-order valence-corrected chi connectivity index (χ4v) is 3.56. The summed E-state index contributed by atoms with van der Waals surface area (Å²) in [6.07, 6.45) is 7.08. The van der Waals surface area contributed by atoms with E-state index in [1.807, 2.05) is 18.2 Å². The molecule has 0 saturated heterocycles. The summed E-state index contributed by atoms with van der Waals surface area (Å²) >= 11 is 18.7. The molecule has 0 heterocycles. The normalized spacial score (nSPS) is 18.5. The maximum atomic E-state index is 6.46. The van der Waals surface area contributed by atoms with E-state index in [2.05, 4.69) is 0 Å². The molecule has 0 bridgehead atoms. The maximum Gasteiger partial charge on any atom is 0.0452 e. The summed E-state index contributed by atoms with van der Waals surface area (Å²) in [5, 5.41) is 1.78. The molecule has 1 atom stereocenters. The molecule has 1 unspecified atom stereocenters. The van der Waals surface area contributed by atoms with Crippen LogP contribution in [-0.2, 0) is 6.42 Å². The van der Waals surface area contributed by atoms with Crippen LogP contribution in [0.25, 0.3) is 0 Å². The number of alkyl halides is 1. The van der Waals surface area contributed by atoms with Crippen molar-refractivity contribution >= 4 is 34.8 Å². The number of rotatable bonds is 4. The van der Waals surface area contributed by atoms with Crippen LogP contribution in [0.3, 0.4) is 0 Å². The van der Waals surface area contributed by atoms with Gasteiger partial charge in [-0.3, -0.25) is 0 Å². The van der Waals surface area contributed by atoms with Gasteiger partial charge in [0.15, 0.2) is 0 Å². The van der Waals surface area contributed by atoms with Gasteiger partial charge in [0.2, 0.25) is 0 Å². The lowest BCUT2D eigenvalue weighted by Gasteiger charge is -2.17. The molecule has 0 aromatic heterocycles.